The first-order chi connectivity index (χ1) is 10.8. The molecule has 1 aromatic heterocycles. The summed E-state index contributed by atoms with van der Waals surface area (Å²) in [5.74, 6) is 6.03. The number of hydrogen-bond acceptors (Lipinski definition) is 5. The quantitative estimate of drug-likeness (QED) is 0.507. The number of pyridine rings is 1. The highest BCUT2D eigenvalue weighted by Gasteiger charge is 2.01. The molecule has 0 unspecified atom stereocenters. The maximum absolute atomic E-state index is 8.91. The normalized spacial score (nSPS) is 10.2. The Kier molecular flexibility index (Phi) is 3.86. The first kappa shape index (κ1) is 13.9. The van der Waals surface area contributed by atoms with Crippen molar-refractivity contribution in [3.8, 4) is 6.07 Å². The SMILES string of the molecule is N#Cc1cccc(NCc2ccc3ccc(NN)nc3c2)c1. The van der Waals surface area contributed by atoms with Gasteiger partial charge in [-0.2, -0.15) is 5.26 Å². The van der Waals surface area contributed by atoms with Crippen LogP contribution in [0.2, 0.25) is 0 Å². The first-order valence-corrected chi connectivity index (χ1v) is 6.89. The van der Waals surface area contributed by atoms with Crippen LogP contribution in [-0.4, -0.2) is 4.98 Å². The third-order valence-corrected chi connectivity index (χ3v) is 3.39. The summed E-state index contributed by atoms with van der Waals surface area (Å²) in [4.78, 5) is 4.43. The second-order valence-electron chi connectivity index (χ2n) is 4.91. The molecule has 4 N–H and O–H groups in total. The van der Waals surface area contributed by atoms with Crippen LogP contribution < -0.4 is 16.6 Å². The molecule has 0 aliphatic rings. The molecule has 0 saturated heterocycles. The highest BCUT2D eigenvalue weighted by Crippen LogP contribution is 2.18. The number of nitrogen functional groups attached to an aromatic ring is 1. The molecule has 0 aliphatic heterocycles. The minimum Gasteiger partial charge on any atom is -0.381 e. The van der Waals surface area contributed by atoms with Crippen molar-refractivity contribution in [1.82, 2.24) is 4.98 Å². The highest BCUT2D eigenvalue weighted by atomic mass is 15.2. The zero-order valence-corrected chi connectivity index (χ0v) is 11.9. The van der Waals surface area contributed by atoms with Gasteiger partial charge in [0.25, 0.3) is 0 Å². The molecule has 0 spiro atoms. The Balaban J connectivity index is 1.80. The van der Waals surface area contributed by atoms with Crippen LogP contribution in [0, 0.1) is 11.3 Å². The van der Waals surface area contributed by atoms with E-state index in [0.717, 1.165) is 22.2 Å². The molecule has 3 aromatic rings. The molecule has 1 heterocycles. The molecule has 2 aromatic carbocycles. The topological polar surface area (TPSA) is 86.8 Å². The number of nitrogens with two attached hydrogens (primary N) is 1. The predicted octanol–water partition coefficient (Wildman–Crippen LogP) is 3.00. The van der Waals surface area contributed by atoms with E-state index in [9.17, 15) is 0 Å². The van der Waals surface area contributed by atoms with E-state index in [1.165, 1.54) is 0 Å². The van der Waals surface area contributed by atoms with E-state index in [2.05, 4.69) is 27.9 Å². The van der Waals surface area contributed by atoms with Gasteiger partial charge in [0.2, 0.25) is 0 Å². The number of nitriles is 1. The van der Waals surface area contributed by atoms with Crippen LogP contribution in [0.25, 0.3) is 10.9 Å². The summed E-state index contributed by atoms with van der Waals surface area (Å²) < 4.78 is 0. The summed E-state index contributed by atoms with van der Waals surface area (Å²) in [6.07, 6.45) is 0. The molecular weight excluding hydrogens is 274 g/mol. The smallest absolute Gasteiger partial charge is 0.140 e. The number of benzene rings is 2. The Bertz CT molecular complexity index is 851. The van der Waals surface area contributed by atoms with E-state index in [1.54, 1.807) is 6.07 Å². The third kappa shape index (κ3) is 2.97. The van der Waals surface area contributed by atoms with Crippen molar-refractivity contribution in [2.45, 2.75) is 6.54 Å². The largest absolute Gasteiger partial charge is 0.381 e. The Labute approximate surface area is 128 Å². The lowest BCUT2D eigenvalue weighted by molar-refractivity contribution is 1.15. The van der Waals surface area contributed by atoms with Crippen LogP contribution in [0.5, 0.6) is 0 Å². The lowest BCUT2D eigenvalue weighted by atomic mass is 10.1. The second-order valence-corrected chi connectivity index (χ2v) is 4.91. The molecule has 0 aliphatic carbocycles. The molecule has 0 radical (unpaired) electrons. The average molecular weight is 289 g/mol. The molecule has 108 valence electrons. The van der Waals surface area contributed by atoms with E-state index >= 15 is 0 Å². The lowest BCUT2D eigenvalue weighted by Gasteiger charge is -2.08. The van der Waals surface area contributed by atoms with Gasteiger partial charge in [-0.3, -0.25) is 0 Å². The van der Waals surface area contributed by atoms with Crippen LogP contribution in [0.1, 0.15) is 11.1 Å². The molecule has 3 rings (SSSR count). The van der Waals surface area contributed by atoms with Crippen LogP contribution in [-0.2, 0) is 6.54 Å². The molecule has 5 heteroatoms. The van der Waals surface area contributed by atoms with Crippen molar-refractivity contribution < 1.29 is 0 Å². The predicted molar refractivity (Wildman–Crippen MR) is 88.0 cm³/mol. The Morgan fingerprint density at radius 3 is 2.77 bits per heavy atom. The number of anilines is 2. The van der Waals surface area contributed by atoms with Crippen LogP contribution in [0.15, 0.2) is 54.6 Å². The summed E-state index contributed by atoms with van der Waals surface area (Å²) in [7, 11) is 0. The number of hydrogen-bond donors (Lipinski definition) is 3. The number of aromatic nitrogens is 1. The fraction of sp³-hybridized carbons (Fsp3) is 0.0588. The van der Waals surface area contributed by atoms with E-state index in [1.807, 2.05) is 42.5 Å². The number of fused-ring (bicyclic) bond motifs is 1. The van der Waals surface area contributed by atoms with E-state index in [-0.39, 0.29) is 0 Å². The summed E-state index contributed by atoms with van der Waals surface area (Å²) in [5.41, 5.74) is 6.11. The van der Waals surface area contributed by atoms with Crippen LogP contribution >= 0.6 is 0 Å². The molecule has 0 saturated carbocycles. The fourth-order valence-corrected chi connectivity index (χ4v) is 2.26. The molecular formula is C17H15N5. The summed E-state index contributed by atoms with van der Waals surface area (Å²) in [6, 6.07) is 19.5. The van der Waals surface area contributed by atoms with Gasteiger partial charge in [-0.1, -0.05) is 18.2 Å². The van der Waals surface area contributed by atoms with Crippen molar-refractivity contribution in [2.75, 3.05) is 10.7 Å². The second kappa shape index (κ2) is 6.12. The number of nitrogens with zero attached hydrogens (tertiary/aromatic N) is 2. The van der Waals surface area contributed by atoms with Gasteiger partial charge in [-0.15, -0.1) is 0 Å². The van der Waals surface area contributed by atoms with Gasteiger partial charge >= 0.3 is 0 Å². The van der Waals surface area contributed by atoms with Crippen molar-refractivity contribution in [3.63, 3.8) is 0 Å². The minimum absolute atomic E-state index is 0.638. The van der Waals surface area contributed by atoms with Gasteiger partial charge in [-0.05, 0) is 42.0 Å². The zero-order valence-electron chi connectivity index (χ0n) is 11.9. The molecule has 0 atom stereocenters. The average Bonchev–Trinajstić information content (AvgIpc) is 2.59. The maximum Gasteiger partial charge on any atom is 0.140 e. The van der Waals surface area contributed by atoms with Crippen LogP contribution in [0.4, 0.5) is 11.5 Å². The molecule has 0 amide bonds. The Morgan fingerprint density at radius 1 is 1.09 bits per heavy atom. The Hall–Kier alpha value is -3.10. The van der Waals surface area contributed by atoms with Gasteiger partial charge in [0.05, 0.1) is 17.1 Å². The standard InChI is InChI=1S/C17H15N5/c18-10-12-2-1-3-15(8-12)20-11-13-4-5-14-6-7-17(22-19)21-16(14)9-13/h1-9,20H,11,19H2,(H,21,22). The van der Waals surface area contributed by atoms with Crippen LogP contribution in [0.3, 0.4) is 0 Å². The fourth-order valence-electron chi connectivity index (χ4n) is 2.26. The zero-order chi connectivity index (χ0) is 15.4. The third-order valence-electron chi connectivity index (χ3n) is 3.39. The number of nitrogens with one attached hydrogen (secondary N) is 2. The molecule has 5 nitrogen and oxygen atoms in total. The van der Waals surface area contributed by atoms with Crippen molar-refractivity contribution >= 4 is 22.4 Å². The van der Waals surface area contributed by atoms with Gasteiger partial charge in [0, 0.05) is 17.6 Å². The van der Waals surface area contributed by atoms with Gasteiger partial charge in [0.15, 0.2) is 0 Å². The van der Waals surface area contributed by atoms with Gasteiger partial charge in [-0.25, -0.2) is 10.8 Å². The monoisotopic (exact) mass is 289 g/mol. The highest BCUT2D eigenvalue weighted by molar-refractivity contribution is 5.81. The first-order valence-electron chi connectivity index (χ1n) is 6.89. The molecule has 0 fully saturated rings. The van der Waals surface area contributed by atoms with E-state index in [0.29, 0.717) is 17.9 Å². The van der Waals surface area contributed by atoms with Crippen molar-refractivity contribution in [2.24, 2.45) is 5.84 Å². The lowest BCUT2D eigenvalue weighted by Crippen LogP contribution is -2.08. The Morgan fingerprint density at radius 2 is 1.95 bits per heavy atom. The van der Waals surface area contributed by atoms with Gasteiger partial charge in [0.1, 0.15) is 5.82 Å². The summed E-state index contributed by atoms with van der Waals surface area (Å²) >= 11 is 0. The van der Waals surface area contributed by atoms with E-state index in [4.69, 9.17) is 11.1 Å². The summed E-state index contributed by atoms with van der Waals surface area (Å²) in [6.45, 7) is 0.660. The maximum atomic E-state index is 8.91. The molecule has 0 bridgehead atoms. The summed E-state index contributed by atoms with van der Waals surface area (Å²) in [5, 5.41) is 13.3. The minimum atomic E-state index is 0.638. The van der Waals surface area contributed by atoms with E-state index < -0.39 is 0 Å². The number of rotatable bonds is 4. The number of hydrazine groups is 1. The van der Waals surface area contributed by atoms with Crippen molar-refractivity contribution in [3.05, 3.63) is 65.7 Å². The van der Waals surface area contributed by atoms with Crippen molar-refractivity contribution in [1.29, 1.82) is 5.26 Å². The molecule has 22 heavy (non-hydrogen) atoms. The van der Waals surface area contributed by atoms with Gasteiger partial charge < -0.3 is 10.7 Å².